The largest absolute Gasteiger partial charge is 0.496 e. The monoisotopic (exact) mass is 319 g/mol. The summed E-state index contributed by atoms with van der Waals surface area (Å²) in [6, 6.07) is 6.33. The Morgan fingerprint density at radius 1 is 1.43 bits per heavy atom. The molecule has 0 aliphatic carbocycles. The van der Waals surface area contributed by atoms with E-state index in [4.69, 9.17) is 4.74 Å². The number of ether oxygens (including phenoxy) is 1. The molecular weight excluding hydrogens is 297 g/mol. The molecule has 1 aromatic carbocycles. The van der Waals surface area contributed by atoms with Crippen molar-refractivity contribution in [3.63, 3.8) is 0 Å². The Hall–Kier alpha value is -2.37. The summed E-state index contributed by atoms with van der Waals surface area (Å²) in [6.07, 6.45) is 0. The van der Waals surface area contributed by atoms with Crippen LogP contribution in [0.2, 0.25) is 0 Å². The van der Waals surface area contributed by atoms with Gasteiger partial charge in [-0.1, -0.05) is 13.0 Å². The van der Waals surface area contributed by atoms with Crippen LogP contribution in [0.15, 0.2) is 24.3 Å². The molecule has 0 saturated heterocycles. The Bertz CT molecular complexity index is 697. The molecule has 6 heteroatoms. The molecule has 1 aromatic heterocycles. The molecule has 0 fully saturated rings. The maximum absolute atomic E-state index is 13.9. The molecule has 124 valence electrons. The first-order chi connectivity index (χ1) is 10.9. The Morgan fingerprint density at radius 2 is 2.17 bits per heavy atom. The molecule has 1 N–H and O–H groups in total. The third kappa shape index (κ3) is 4.09. The van der Waals surface area contributed by atoms with Crippen LogP contribution in [0.25, 0.3) is 0 Å². The van der Waals surface area contributed by atoms with Gasteiger partial charge >= 0.3 is 0 Å². The molecule has 23 heavy (non-hydrogen) atoms. The van der Waals surface area contributed by atoms with Gasteiger partial charge < -0.3 is 10.1 Å². The first-order valence-corrected chi connectivity index (χ1v) is 7.54. The predicted octanol–water partition coefficient (Wildman–Crippen LogP) is 2.71. The molecule has 0 radical (unpaired) electrons. The number of benzene rings is 1. The lowest BCUT2D eigenvalue weighted by atomic mass is 10.1. The van der Waals surface area contributed by atoms with E-state index in [1.807, 2.05) is 31.5 Å². The second kappa shape index (κ2) is 7.26. The van der Waals surface area contributed by atoms with Gasteiger partial charge in [0.2, 0.25) is 0 Å². The SMILES string of the molecule is COc1cccc(F)c1C(=O)NCC(C)Cn1nc(C)cc1C. The van der Waals surface area contributed by atoms with Crippen LogP contribution in [0.1, 0.15) is 28.7 Å². The average Bonchev–Trinajstić information content (AvgIpc) is 2.82. The van der Waals surface area contributed by atoms with Crippen LogP contribution in [0, 0.1) is 25.6 Å². The minimum atomic E-state index is -0.590. The molecule has 1 amide bonds. The van der Waals surface area contributed by atoms with Crippen LogP contribution in [-0.4, -0.2) is 29.3 Å². The van der Waals surface area contributed by atoms with Crippen molar-refractivity contribution in [2.75, 3.05) is 13.7 Å². The van der Waals surface area contributed by atoms with Gasteiger partial charge in [0.1, 0.15) is 17.1 Å². The summed E-state index contributed by atoms with van der Waals surface area (Å²) in [6.45, 7) is 7.06. The van der Waals surface area contributed by atoms with Crippen LogP contribution in [-0.2, 0) is 6.54 Å². The van der Waals surface area contributed by atoms with Crippen LogP contribution < -0.4 is 10.1 Å². The molecular formula is C17H22FN3O2. The molecule has 0 saturated carbocycles. The Morgan fingerprint density at radius 3 is 2.78 bits per heavy atom. The Labute approximate surface area is 135 Å². The number of halogens is 1. The number of carbonyl (C=O) groups excluding carboxylic acids is 1. The molecule has 2 aromatic rings. The summed E-state index contributed by atoms with van der Waals surface area (Å²) in [5, 5.41) is 7.16. The number of nitrogens with zero attached hydrogens (tertiary/aromatic N) is 2. The van der Waals surface area contributed by atoms with Gasteiger partial charge in [-0.3, -0.25) is 9.48 Å². The van der Waals surface area contributed by atoms with E-state index in [0.717, 1.165) is 11.4 Å². The summed E-state index contributed by atoms with van der Waals surface area (Å²) >= 11 is 0. The second-order valence-corrected chi connectivity index (χ2v) is 5.74. The fourth-order valence-corrected chi connectivity index (χ4v) is 2.47. The maximum Gasteiger partial charge on any atom is 0.258 e. The number of rotatable bonds is 6. The number of hydrogen-bond acceptors (Lipinski definition) is 3. The average molecular weight is 319 g/mol. The van der Waals surface area contributed by atoms with E-state index in [2.05, 4.69) is 10.4 Å². The minimum Gasteiger partial charge on any atom is -0.496 e. The number of aryl methyl sites for hydroxylation is 2. The highest BCUT2D eigenvalue weighted by atomic mass is 19.1. The Kier molecular flexibility index (Phi) is 5.36. The highest BCUT2D eigenvalue weighted by Gasteiger charge is 2.18. The van der Waals surface area contributed by atoms with E-state index < -0.39 is 11.7 Å². The molecule has 0 aliphatic heterocycles. The van der Waals surface area contributed by atoms with Crippen molar-refractivity contribution in [1.29, 1.82) is 0 Å². The van der Waals surface area contributed by atoms with E-state index in [1.165, 1.54) is 19.2 Å². The quantitative estimate of drug-likeness (QED) is 0.890. The lowest BCUT2D eigenvalue weighted by molar-refractivity contribution is 0.0939. The first kappa shape index (κ1) is 17.0. The predicted molar refractivity (Wildman–Crippen MR) is 86.2 cm³/mol. The van der Waals surface area contributed by atoms with Crippen molar-refractivity contribution in [2.24, 2.45) is 5.92 Å². The van der Waals surface area contributed by atoms with E-state index in [-0.39, 0.29) is 17.2 Å². The van der Waals surface area contributed by atoms with E-state index in [0.29, 0.717) is 13.1 Å². The fourth-order valence-electron chi connectivity index (χ4n) is 2.47. The van der Waals surface area contributed by atoms with Gasteiger partial charge in [-0.25, -0.2) is 4.39 Å². The van der Waals surface area contributed by atoms with Crippen molar-refractivity contribution in [1.82, 2.24) is 15.1 Å². The number of aromatic nitrogens is 2. The third-order valence-corrected chi connectivity index (χ3v) is 3.62. The summed E-state index contributed by atoms with van der Waals surface area (Å²) in [4.78, 5) is 12.2. The highest BCUT2D eigenvalue weighted by molar-refractivity contribution is 5.97. The number of methoxy groups -OCH3 is 1. The zero-order valence-corrected chi connectivity index (χ0v) is 13.9. The van der Waals surface area contributed by atoms with Crippen molar-refractivity contribution in [2.45, 2.75) is 27.3 Å². The first-order valence-electron chi connectivity index (χ1n) is 7.54. The molecule has 1 atom stereocenters. The van der Waals surface area contributed by atoms with Gasteiger partial charge in [0.15, 0.2) is 0 Å². The minimum absolute atomic E-state index is 0.0617. The summed E-state index contributed by atoms with van der Waals surface area (Å²) < 4.78 is 20.8. The van der Waals surface area contributed by atoms with Crippen LogP contribution in [0.3, 0.4) is 0 Å². The standard InChI is InChI=1S/C17H22FN3O2/c1-11(10-21-13(3)8-12(2)20-21)9-19-17(22)16-14(18)6-5-7-15(16)23-4/h5-8,11H,9-10H2,1-4H3,(H,19,22). The lowest BCUT2D eigenvalue weighted by Crippen LogP contribution is -2.31. The van der Waals surface area contributed by atoms with E-state index in [9.17, 15) is 9.18 Å². The Balaban J connectivity index is 1.98. The zero-order valence-electron chi connectivity index (χ0n) is 13.9. The van der Waals surface area contributed by atoms with Gasteiger partial charge in [0.05, 0.1) is 12.8 Å². The molecule has 0 aliphatic rings. The van der Waals surface area contributed by atoms with Crippen molar-refractivity contribution < 1.29 is 13.9 Å². The molecule has 1 unspecified atom stereocenters. The van der Waals surface area contributed by atoms with Gasteiger partial charge in [0, 0.05) is 18.8 Å². The summed E-state index contributed by atoms with van der Waals surface area (Å²) in [7, 11) is 1.41. The topological polar surface area (TPSA) is 56.1 Å². The molecule has 0 spiro atoms. The molecule has 0 bridgehead atoms. The van der Waals surface area contributed by atoms with Crippen molar-refractivity contribution >= 4 is 5.91 Å². The van der Waals surface area contributed by atoms with Gasteiger partial charge in [-0.2, -0.15) is 5.10 Å². The van der Waals surface area contributed by atoms with Crippen LogP contribution in [0.5, 0.6) is 5.75 Å². The van der Waals surface area contributed by atoms with Crippen molar-refractivity contribution in [3.8, 4) is 5.75 Å². The van der Waals surface area contributed by atoms with Crippen LogP contribution in [0.4, 0.5) is 4.39 Å². The number of nitrogens with one attached hydrogen (secondary N) is 1. The molecule has 2 rings (SSSR count). The number of carbonyl (C=O) groups is 1. The zero-order chi connectivity index (χ0) is 17.0. The summed E-state index contributed by atoms with van der Waals surface area (Å²) in [5.74, 6) is -0.670. The summed E-state index contributed by atoms with van der Waals surface area (Å²) in [5.41, 5.74) is 1.99. The van der Waals surface area contributed by atoms with Gasteiger partial charge in [-0.05, 0) is 38.0 Å². The second-order valence-electron chi connectivity index (χ2n) is 5.74. The van der Waals surface area contributed by atoms with E-state index in [1.54, 1.807) is 6.07 Å². The van der Waals surface area contributed by atoms with Crippen LogP contribution >= 0.6 is 0 Å². The van der Waals surface area contributed by atoms with Gasteiger partial charge in [0.25, 0.3) is 5.91 Å². The molecule has 5 nitrogen and oxygen atoms in total. The van der Waals surface area contributed by atoms with E-state index >= 15 is 0 Å². The van der Waals surface area contributed by atoms with Crippen molar-refractivity contribution in [3.05, 3.63) is 47.0 Å². The molecule has 1 heterocycles. The number of hydrogen-bond donors (Lipinski definition) is 1. The number of amides is 1. The fraction of sp³-hybridized carbons (Fsp3) is 0.412. The van der Waals surface area contributed by atoms with Gasteiger partial charge in [-0.15, -0.1) is 0 Å². The smallest absolute Gasteiger partial charge is 0.258 e. The third-order valence-electron chi connectivity index (χ3n) is 3.62. The maximum atomic E-state index is 13.9. The highest BCUT2D eigenvalue weighted by Crippen LogP contribution is 2.20. The normalized spacial score (nSPS) is 12.0. The lowest BCUT2D eigenvalue weighted by Gasteiger charge is -2.15.